The summed E-state index contributed by atoms with van der Waals surface area (Å²) in [5.74, 6) is 1.15. The summed E-state index contributed by atoms with van der Waals surface area (Å²) >= 11 is 0. The molecule has 94 valence electrons. The molecule has 1 aromatic heterocycles. The minimum absolute atomic E-state index is 0.321. The van der Waals surface area contributed by atoms with E-state index in [4.69, 9.17) is 15.2 Å². The third kappa shape index (κ3) is 2.41. The number of likely N-dealkylation sites (N-methyl/N-ethyl adjacent to an activating group) is 1. The molecule has 1 aliphatic heterocycles. The van der Waals surface area contributed by atoms with E-state index in [2.05, 4.69) is 9.97 Å². The van der Waals surface area contributed by atoms with Gasteiger partial charge in [-0.3, -0.25) is 0 Å². The van der Waals surface area contributed by atoms with Crippen molar-refractivity contribution in [2.45, 2.75) is 19.4 Å². The maximum atomic E-state index is 6.01. The van der Waals surface area contributed by atoms with Crippen molar-refractivity contribution in [3.05, 3.63) is 6.33 Å². The molecule has 1 aromatic rings. The van der Waals surface area contributed by atoms with Crippen LogP contribution >= 0.6 is 0 Å². The second-order valence-corrected chi connectivity index (χ2v) is 3.98. The van der Waals surface area contributed by atoms with Crippen LogP contribution in [0.4, 0.5) is 11.5 Å². The first-order chi connectivity index (χ1) is 8.24. The van der Waals surface area contributed by atoms with E-state index in [9.17, 15) is 0 Å². The predicted octanol–water partition coefficient (Wildman–Crippen LogP) is 0.683. The van der Waals surface area contributed by atoms with Crippen LogP contribution in [0, 0.1) is 0 Å². The lowest BCUT2D eigenvalue weighted by atomic mass is 10.2. The predicted molar refractivity (Wildman–Crippen MR) is 65.2 cm³/mol. The van der Waals surface area contributed by atoms with Crippen molar-refractivity contribution in [2.75, 3.05) is 37.5 Å². The van der Waals surface area contributed by atoms with Crippen molar-refractivity contribution < 1.29 is 9.47 Å². The number of nitrogens with zero attached hydrogens (tertiary/aromatic N) is 3. The van der Waals surface area contributed by atoms with Crippen molar-refractivity contribution in [3.63, 3.8) is 0 Å². The van der Waals surface area contributed by atoms with Gasteiger partial charge in [-0.15, -0.1) is 0 Å². The molecule has 1 atom stereocenters. The number of nitrogens with two attached hydrogens (primary N) is 1. The molecule has 1 fully saturated rings. The third-order valence-electron chi connectivity index (χ3n) is 2.89. The van der Waals surface area contributed by atoms with E-state index in [0.29, 0.717) is 36.6 Å². The zero-order valence-electron chi connectivity index (χ0n) is 10.2. The highest BCUT2D eigenvalue weighted by atomic mass is 16.5. The van der Waals surface area contributed by atoms with Gasteiger partial charge in [0, 0.05) is 13.7 Å². The van der Waals surface area contributed by atoms with E-state index < -0.39 is 0 Å². The van der Waals surface area contributed by atoms with Gasteiger partial charge in [-0.1, -0.05) is 0 Å². The van der Waals surface area contributed by atoms with Gasteiger partial charge < -0.3 is 20.1 Å². The first-order valence-electron chi connectivity index (χ1n) is 5.78. The Balaban J connectivity index is 2.21. The first-order valence-corrected chi connectivity index (χ1v) is 5.78. The molecule has 0 bridgehead atoms. The van der Waals surface area contributed by atoms with Crippen LogP contribution in [0.3, 0.4) is 0 Å². The smallest absolute Gasteiger partial charge is 0.242 e. The zero-order valence-corrected chi connectivity index (χ0v) is 10.2. The van der Waals surface area contributed by atoms with E-state index in [-0.39, 0.29) is 0 Å². The molecule has 0 saturated carbocycles. The summed E-state index contributed by atoms with van der Waals surface area (Å²) in [6.45, 7) is 3.94. The number of hydrogen-bond donors (Lipinski definition) is 1. The van der Waals surface area contributed by atoms with E-state index in [1.807, 2.05) is 18.9 Å². The Morgan fingerprint density at radius 1 is 1.59 bits per heavy atom. The van der Waals surface area contributed by atoms with E-state index >= 15 is 0 Å². The number of anilines is 2. The monoisotopic (exact) mass is 238 g/mol. The maximum absolute atomic E-state index is 6.01. The second kappa shape index (κ2) is 5.18. The molecule has 0 spiro atoms. The number of aromatic nitrogens is 2. The molecule has 0 radical (unpaired) electrons. The minimum Gasteiger partial charge on any atom is -0.476 e. The Hall–Kier alpha value is -1.56. The average Bonchev–Trinajstić information content (AvgIpc) is 2.85. The summed E-state index contributed by atoms with van der Waals surface area (Å²) in [5, 5.41) is 0. The molecule has 17 heavy (non-hydrogen) atoms. The molecule has 0 amide bonds. The van der Waals surface area contributed by atoms with Gasteiger partial charge in [0.2, 0.25) is 5.88 Å². The summed E-state index contributed by atoms with van der Waals surface area (Å²) in [7, 11) is 1.97. The van der Waals surface area contributed by atoms with Gasteiger partial charge >= 0.3 is 0 Å². The number of nitrogen functional groups attached to an aromatic ring is 1. The van der Waals surface area contributed by atoms with Crippen molar-refractivity contribution in [1.82, 2.24) is 9.97 Å². The summed E-state index contributed by atoms with van der Waals surface area (Å²) in [6, 6.07) is 0.321. The van der Waals surface area contributed by atoms with Crippen LogP contribution < -0.4 is 15.4 Å². The minimum atomic E-state index is 0.321. The molecule has 0 aromatic carbocycles. The lowest BCUT2D eigenvalue weighted by Crippen LogP contribution is -2.33. The fourth-order valence-corrected chi connectivity index (χ4v) is 1.90. The second-order valence-electron chi connectivity index (χ2n) is 3.98. The van der Waals surface area contributed by atoms with Crippen molar-refractivity contribution in [3.8, 4) is 5.88 Å². The standard InChI is InChI=1S/C11H18N4O2/c1-3-17-11-9(12)10(13-7-14-11)15(2)8-4-5-16-6-8/h7-8H,3-6,12H2,1-2H3. The maximum Gasteiger partial charge on any atom is 0.242 e. The molecule has 6 nitrogen and oxygen atoms in total. The molecule has 2 heterocycles. The van der Waals surface area contributed by atoms with E-state index in [1.165, 1.54) is 6.33 Å². The molecule has 1 saturated heterocycles. The van der Waals surface area contributed by atoms with Crippen molar-refractivity contribution >= 4 is 11.5 Å². The number of hydrogen-bond acceptors (Lipinski definition) is 6. The van der Waals surface area contributed by atoms with Gasteiger partial charge in [-0.2, -0.15) is 4.98 Å². The highest BCUT2D eigenvalue weighted by Gasteiger charge is 2.24. The van der Waals surface area contributed by atoms with Crippen molar-refractivity contribution in [2.24, 2.45) is 0 Å². The molecular formula is C11H18N4O2. The van der Waals surface area contributed by atoms with Crippen LogP contribution in [0.15, 0.2) is 6.33 Å². The molecule has 2 N–H and O–H groups in total. The fraction of sp³-hybridized carbons (Fsp3) is 0.636. The van der Waals surface area contributed by atoms with Gasteiger partial charge in [0.1, 0.15) is 12.0 Å². The quantitative estimate of drug-likeness (QED) is 0.831. The van der Waals surface area contributed by atoms with Gasteiger partial charge in [0.15, 0.2) is 5.82 Å². The normalized spacial score (nSPS) is 19.3. The summed E-state index contributed by atoms with van der Waals surface area (Å²) in [4.78, 5) is 10.3. The van der Waals surface area contributed by atoms with Gasteiger partial charge in [0.25, 0.3) is 0 Å². The molecule has 1 aliphatic rings. The Labute approximate surface area is 101 Å². The van der Waals surface area contributed by atoms with E-state index in [1.54, 1.807) is 0 Å². The van der Waals surface area contributed by atoms with Crippen LogP contribution in [0.5, 0.6) is 5.88 Å². The molecular weight excluding hydrogens is 220 g/mol. The van der Waals surface area contributed by atoms with Crippen LogP contribution in [0.25, 0.3) is 0 Å². The topological polar surface area (TPSA) is 73.5 Å². The molecule has 0 aliphatic carbocycles. The third-order valence-corrected chi connectivity index (χ3v) is 2.89. The molecule has 1 unspecified atom stereocenters. The van der Waals surface area contributed by atoms with Crippen LogP contribution in [-0.4, -0.2) is 42.9 Å². The fourth-order valence-electron chi connectivity index (χ4n) is 1.90. The summed E-state index contributed by atoms with van der Waals surface area (Å²) in [5.41, 5.74) is 6.50. The first kappa shape index (κ1) is 11.9. The SMILES string of the molecule is CCOc1ncnc(N(C)C2CCOC2)c1N. The summed E-state index contributed by atoms with van der Waals surface area (Å²) in [6.07, 6.45) is 2.47. The summed E-state index contributed by atoms with van der Waals surface area (Å²) < 4.78 is 10.7. The van der Waals surface area contributed by atoms with Crippen LogP contribution in [0.1, 0.15) is 13.3 Å². The lowest BCUT2D eigenvalue weighted by Gasteiger charge is -2.25. The van der Waals surface area contributed by atoms with Crippen LogP contribution in [-0.2, 0) is 4.74 Å². The Kier molecular flexibility index (Phi) is 3.63. The average molecular weight is 238 g/mol. The Morgan fingerprint density at radius 2 is 2.41 bits per heavy atom. The highest BCUT2D eigenvalue weighted by Crippen LogP contribution is 2.29. The van der Waals surface area contributed by atoms with Gasteiger partial charge in [-0.25, -0.2) is 4.98 Å². The van der Waals surface area contributed by atoms with Gasteiger partial charge in [-0.05, 0) is 13.3 Å². The van der Waals surface area contributed by atoms with Crippen molar-refractivity contribution in [1.29, 1.82) is 0 Å². The zero-order chi connectivity index (χ0) is 12.3. The van der Waals surface area contributed by atoms with E-state index in [0.717, 1.165) is 13.0 Å². The Morgan fingerprint density at radius 3 is 3.06 bits per heavy atom. The lowest BCUT2D eigenvalue weighted by molar-refractivity contribution is 0.193. The molecule has 6 heteroatoms. The number of ether oxygens (including phenoxy) is 2. The largest absolute Gasteiger partial charge is 0.476 e. The van der Waals surface area contributed by atoms with Crippen LogP contribution in [0.2, 0.25) is 0 Å². The highest BCUT2D eigenvalue weighted by molar-refractivity contribution is 5.67. The van der Waals surface area contributed by atoms with Gasteiger partial charge in [0.05, 0.1) is 19.3 Å². The Bertz CT molecular complexity index is 380. The number of rotatable bonds is 4. The molecule has 2 rings (SSSR count).